The molecule has 9 heteroatoms. The Morgan fingerprint density at radius 1 is 1.32 bits per heavy atom. The Morgan fingerprint density at radius 3 is 2.59 bits per heavy atom. The Hall–Kier alpha value is -1.55. The summed E-state index contributed by atoms with van der Waals surface area (Å²) in [5.41, 5.74) is 0.697. The van der Waals surface area contributed by atoms with Gasteiger partial charge in [-0.1, -0.05) is 26.0 Å². The summed E-state index contributed by atoms with van der Waals surface area (Å²) in [6, 6.07) is 0. The number of carbonyl (C=O) groups is 1. The standard InChI is InChI=1S/C13H21N3O6/c1-13(2,3)4-7-5-16(15-14-7)11-9(19)8(18)10(20)12(22-11)21-6-17/h5-6,8-12,18-20H,4H2,1-3H3. The molecule has 0 aliphatic carbocycles. The second-order valence-corrected chi connectivity index (χ2v) is 6.53. The molecule has 0 spiro atoms. The molecule has 0 aromatic carbocycles. The predicted octanol–water partition coefficient (Wildman–Crippen LogP) is -1.02. The number of nitrogens with zero attached hydrogens (tertiary/aromatic N) is 3. The number of carbonyl (C=O) groups excluding carboxylic acids is 1. The Balaban J connectivity index is 2.17. The quantitative estimate of drug-likeness (QED) is 0.602. The molecule has 0 radical (unpaired) electrons. The van der Waals surface area contributed by atoms with Crippen LogP contribution in [-0.4, -0.2) is 61.4 Å². The first-order chi connectivity index (χ1) is 10.2. The van der Waals surface area contributed by atoms with Crippen LogP contribution in [0, 0.1) is 5.41 Å². The molecule has 0 saturated carbocycles. The molecule has 2 rings (SSSR count). The number of ether oxygens (including phenoxy) is 2. The topological polar surface area (TPSA) is 127 Å². The van der Waals surface area contributed by atoms with Crippen molar-refractivity contribution in [3.05, 3.63) is 11.9 Å². The predicted molar refractivity (Wildman–Crippen MR) is 72.3 cm³/mol. The van der Waals surface area contributed by atoms with Gasteiger partial charge in [0, 0.05) is 0 Å². The zero-order chi connectivity index (χ0) is 16.5. The SMILES string of the molecule is CC(C)(C)Cc1cn(C2OC(OC=O)C(O)C(O)C2O)nn1. The van der Waals surface area contributed by atoms with Gasteiger partial charge in [0.2, 0.25) is 6.29 Å². The van der Waals surface area contributed by atoms with Crippen molar-refractivity contribution < 1.29 is 29.6 Å². The van der Waals surface area contributed by atoms with E-state index < -0.39 is 30.8 Å². The van der Waals surface area contributed by atoms with Crippen molar-refractivity contribution in [3.8, 4) is 0 Å². The van der Waals surface area contributed by atoms with Gasteiger partial charge in [0.05, 0.1) is 11.9 Å². The maximum absolute atomic E-state index is 10.4. The monoisotopic (exact) mass is 315 g/mol. The summed E-state index contributed by atoms with van der Waals surface area (Å²) in [7, 11) is 0. The highest BCUT2D eigenvalue weighted by Crippen LogP contribution is 2.28. The highest BCUT2D eigenvalue weighted by molar-refractivity contribution is 5.37. The highest BCUT2D eigenvalue weighted by Gasteiger charge is 2.46. The van der Waals surface area contributed by atoms with Crippen molar-refractivity contribution >= 4 is 6.47 Å². The van der Waals surface area contributed by atoms with Crippen molar-refractivity contribution in [2.45, 2.75) is 58.0 Å². The van der Waals surface area contributed by atoms with E-state index in [1.807, 2.05) is 20.8 Å². The summed E-state index contributed by atoms with van der Waals surface area (Å²) in [4.78, 5) is 10.4. The van der Waals surface area contributed by atoms with Crippen LogP contribution in [0.3, 0.4) is 0 Å². The van der Waals surface area contributed by atoms with Crippen LogP contribution in [0.15, 0.2) is 6.20 Å². The first-order valence-corrected chi connectivity index (χ1v) is 6.92. The first kappa shape index (κ1) is 16.8. The first-order valence-electron chi connectivity index (χ1n) is 6.92. The molecular weight excluding hydrogens is 294 g/mol. The Labute approximate surface area is 127 Å². The van der Waals surface area contributed by atoms with Crippen molar-refractivity contribution in [1.29, 1.82) is 0 Å². The molecule has 1 aliphatic rings. The molecule has 124 valence electrons. The molecule has 0 amide bonds. The van der Waals surface area contributed by atoms with E-state index in [9.17, 15) is 20.1 Å². The summed E-state index contributed by atoms with van der Waals surface area (Å²) in [5, 5.41) is 37.4. The van der Waals surface area contributed by atoms with Gasteiger partial charge in [-0.15, -0.1) is 5.10 Å². The maximum Gasteiger partial charge on any atom is 0.295 e. The number of aromatic nitrogens is 3. The van der Waals surface area contributed by atoms with Crippen molar-refractivity contribution in [1.82, 2.24) is 15.0 Å². The van der Waals surface area contributed by atoms with E-state index in [0.717, 1.165) is 0 Å². The van der Waals surface area contributed by atoms with Crippen LogP contribution in [0.25, 0.3) is 0 Å². The van der Waals surface area contributed by atoms with Crippen LogP contribution in [0.1, 0.15) is 32.7 Å². The van der Waals surface area contributed by atoms with Crippen LogP contribution in [0.2, 0.25) is 0 Å². The molecule has 1 aromatic heterocycles. The van der Waals surface area contributed by atoms with Gasteiger partial charge in [-0.2, -0.15) is 0 Å². The molecule has 1 aliphatic heterocycles. The molecule has 5 unspecified atom stereocenters. The molecule has 5 atom stereocenters. The van der Waals surface area contributed by atoms with Crippen molar-refractivity contribution in [2.75, 3.05) is 0 Å². The molecule has 1 aromatic rings. The molecule has 1 saturated heterocycles. The average Bonchev–Trinajstić information content (AvgIpc) is 2.85. The van der Waals surface area contributed by atoms with Crippen molar-refractivity contribution in [3.63, 3.8) is 0 Å². The summed E-state index contributed by atoms with van der Waals surface area (Å²) < 4.78 is 11.1. The van der Waals surface area contributed by atoms with Gasteiger partial charge in [0.1, 0.15) is 18.3 Å². The Kier molecular flexibility index (Phi) is 4.81. The van der Waals surface area contributed by atoms with E-state index in [1.165, 1.54) is 4.68 Å². The zero-order valence-electron chi connectivity index (χ0n) is 12.7. The molecule has 9 nitrogen and oxygen atoms in total. The van der Waals surface area contributed by atoms with Crippen LogP contribution in [0.5, 0.6) is 0 Å². The van der Waals surface area contributed by atoms with E-state index in [1.54, 1.807) is 6.20 Å². The number of hydrogen-bond acceptors (Lipinski definition) is 8. The van der Waals surface area contributed by atoms with Crippen LogP contribution in [0.4, 0.5) is 0 Å². The van der Waals surface area contributed by atoms with Gasteiger partial charge in [0.25, 0.3) is 6.47 Å². The number of hydrogen-bond donors (Lipinski definition) is 3. The van der Waals surface area contributed by atoms with Gasteiger partial charge in [-0.25, -0.2) is 4.68 Å². The fraction of sp³-hybridized carbons (Fsp3) is 0.769. The van der Waals surface area contributed by atoms with Crippen LogP contribution in [-0.2, 0) is 20.7 Å². The van der Waals surface area contributed by atoms with E-state index in [4.69, 9.17) is 4.74 Å². The Bertz CT molecular complexity index is 514. The summed E-state index contributed by atoms with van der Waals surface area (Å²) in [5.74, 6) is 0. The van der Waals surface area contributed by atoms with E-state index in [-0.39, 0.29) is 11.9 Å². The fourth-order valence-electron chi connectivity index (χ4n) is 2.28. The normalized spacial score (nSPS) is 32.7. The van der Waals surface area contributed by atoms with E-state index in [2.05, 4.69) is 15.0 Å². The number of aliphatic hydroxyl groups excluding tert-OH is 3. The lowest BCUT2D eigenvalue weighted by molar-refractivity contribution is -0.304. The van der Waals surface area contributed by atoms with Gasteiger partial charge >= 0.3 is 0 Å². The highest BCUT2D eigenvalue weighted by atomic mass is 16.7. The second kappa shape index (κ2) is 6.29. The lowest BCUT2D eigenvalue weighted by Gasteiger charge is -2.38. The second-order valence-electron chi connectivity index (χ2n) is 6.53. The average molecular weight is 315 g/mol. The molecule has 3 N–H and O–H groups in total. The third-order valence-corrected chi connectivity index (χ3v) is 3.26. The van der Waals surface area contributed by atoms with Crippen molar-refractivity contribution in [2.24, 2.45) is 5.41 Å². The largest absolute Gasteiger partial charge is 0.435 e. The van der Waals surface area contributed by atoms with Crippen LogP contribution < -0.4 is 0 Å². The van der Waals surface area contributed by atoms with Gasteiger partial charge in [0.15, 0.2) is 6.23 Å². The van der Waals surface area contributed by atoms with Gasteiger partial charge in [-0.3, -0.25) is 4.79 Å². The molecular formula is C13H21N3O6. The minimum absolute atomic E-state index is 0.00573. The van der Waals surface area contributed by atoms with Crippen LogP contribution >= 0.6 is 0 Å². The smallest absolute Gasteiger partial charge is 0.295 e. The molecule has 22 heavy (non-hydrogen) atoms. The van der Waals surface area contributed by atoms with E-state index >= 15 is 0 Å². The fourth-order valence-corrected chi connectivity index (χ4v) is 2.28. The van der Waals surface area contributed by atoms with Gasteiger partial charge in [-0.05, 0) is 11.8 Å². The third-order valence-electron chi connectivity index (χ3n) is 3.26. The maximum atomic E-state index is 10.4. The summed E-state index contributed by atoms with van der Waals surface area (Å²) in [6.45, 7) is 6.24. The van der Waals surface area contributed by atoms with Gasteiger partial charge < -0.3 is 24.8 Å². The third kappa shape index (κ3) is 3.61. The summed E-state index contributed by atoms with van der Waals surface area (Å²) in [6.07, 6.45) is -4.80. The molecule has 0 bridgehead atoms. The molecule has 2 heterocycles. The minimum atomic E-state index is -1.55. The van der Waals surface area contributed by atoms with E-state index in [0.29, 0.717) is 12.1 Å². The minimum Gasteiger partial charge on any atom is -0.435 e. The lowest BCUT2D eigenvalue weighted by atomic mass is 9.91. The number of aliphatic hydroxyl groups is 3. The Morgan fingerprint density at radius 2 is 2.00 bits per heavy atom. The lowest BCUT2D eigenvalue weighted by Crippen LogP contribution is -2.56. The number of rotatable bonds is 4. The summed E-state index contributed by atoms with van der Waals surface area (Å²) >= 11 is 0. The molecule has 1 fully saturated rings. The zero-order valence-corrected chi connectivity index (χ0v) is 12.7.